The van der Waals surface area contributed by atoms with Crippen LogP contribution in [0.3, 0.4) is 0 Å². The van der Waals surface area contributed by atoms with E-state index in [9.17, 15) is 4.79 Å². The molecule has 0 aliphatic rings. The van der Waals surface area contributed by atoms with Crippen LogP contribution in [0.4, 0.5) is 0 Å². The fraction of sp³-hybridized carbons (Fsp3) is 0.875. The summed E-state index contributed by atoms with van der Waals surface area (Å²) in [4.78, 5) is 10.8. The second kappa shape index (κ2) is 3.74. The molecule has 2 nitrogen and oxygen atoms in total. The zero-order chi connectivity index (χ0) is 9.99. The van der Waals surface area contributed by atoms with Gasteiger partial charge in [-0.1, -0.05) is 19.6 Å². The quantitative estimate of drug-likeness (QED) is 0.661. The average Bonchev–Trinajstić information content (AvgIpc) is 1.48. The van der Waals surface area contributed by atoms with E-state index >= 15 is 0 Å². The van der Waals surface area contributed by atoms with Gasteiger partial charge in [0.15, 0.2) is 0 Å². The van der Waals surface area contributed by atoms with Crippen LogP contribution in [-0.2, 0) is 9.22 Å². The van der Waals surface area contributed by atoms with Crippen LogP contribution in [0.25, 0.3) is 0 Å². The lowest BCUT2D eigenvalue weighted by Crippen LogP contribution is -2.41. The maximum absolute atomic E-state index is 10.8. The molecule has 0 bridgehead atoms. The third-order valence-electron chi connectivity index (χ3n) is 1.38. The lowest BCUT2D eigenvalue weighted by Gasteiger charge is -2.28. The molecular formula is C8H20O2Si2. The molecule has 0 aliphatic carbocycles. The SMILES string of the molecule is CC(=O)O[Si](C)(C)C[Si](C)(C)C. The summed E-state index contributed by atoms with van der Waals surface area (Å²) in [5.41, 5.74) is 1.15. The van der Waals surface area contributed by atoms with Gasteiger partial charge in [0.1, 0.15) is 0 Å². The van der Waals surface area contributed by atoms with Gasteiger partial charge in [-0.15, -0.1) is 0 Å². The topological polar surface area (TPSA) is 26.3 Å². The van der Waals surface area contributed by atoms with Crippen molar-refractivity contribution in [3.63, 3.8) is 0 Å². The summed E-state index contributed by atoms with van der Waals surface area (Å²) in [7, 11) is -2.76. The van der Waals surface area contributed by atoms with Crippen molar-refractivity contribution >= 4 is 22.4 Å². The first-order valence-electron chi connectivity index (χ1n) is 4.32. The van der Waals surface area contributed by atoms with Crippen molar-refractivity contribution in [1.82, 2.24) is 0 Å². The van der Waals surface area contributed by atoms with Gasteiger partial charge in [0.2, 0.25) is 8.32 Å². The van der Waals surface area contributed by atoms with Gasteiger partial charge in [-0.2, -0.15) is 0 Å². The minimum absolute atomic E-state index is 0.120. The highest BCUT2D eigenvalue weighted by Crippen LogP contribution is 2.20. The molecule has 0 atom stereocenters. The maximum atomic E-state index is 10.8. The molecule has 0 amide bonds. The monoisotopic (exact) mass is 204 g/mol. The van der Waals surface area contributed by atoms with Crippen molar-refractivity contribution in [2.24, 2.45) is 0 Å². The number of carbonyl (C=O) groups is 1. The van der Waals surface area contributed by atoms with E-state index in [4.69, 9.17) is 4.43 Å². The molecule has 12 heavy (non-hydrogen) atoms. The lowest BCUT2D eigenvalue weighted by atomic mass is 10.9. The van der Waals surface area contributed by atoms with Crippen molar-refractivity contribution < 1.29 is 9.22 Å². The smallest absolute Gasteiger partial charge is 0.289 e. The van der Waals surface area contributed by atoms with Crippen LogP contribution >= 0.6 is 0 Å². The van der Waals surface area contributed by atoms with E-state index in [-0.39, 0.29) is 5.97 Å². The predicted molar refractivity (Wildman–Crippen MR) is 57.4 cm³/mol. The van der Waals surface area contributed by atoms with Crippen LogP contribution in [0, 0.1) is 0 Å². The Bertz CT molecular complexity index is 170. The van der Waals surface area contributed by atoms with E-state index in [0.717, 1.165) is 5.67 Å². The van der Waals surface area contributed by atoms with Gasteiger partial charge in [-0.05, 0) is 18.8 Å². The van der Waals surface area contributed by atoms with Gasteiger partial charge in [0.05, 0.1) is 0 Å². The van der Waals surface area contributed by atoms with Crippen LogP contribution in [0.5, 0.6) is 0 Å². The van der Waals surface area contributed by atoms with Gasteiger partial charge in [0, 0.05) is 15.0 Å². The first-order chi connectivity index (χ1) is 5.12. The molecular weight excluding hydrogens is 184 g/mol. The van der Waals surface area contributed by atoms with Crippen molar-refractivity contribution in [3.8, 4) is 0 Å². The lowest BCUT2D eigenvalue weighted by molar-refractivity contribution is -0.132. The summed E-state index contributed by atoms with van der Waals surface area (Å²) in [6, 6.07) is 0. The predicted octanol–water partition coefficient (Wildman–Crippen LogP) is 2.63. The van der Waals surface area contributed by atoms with E-state index in [0.29, 0.717) is 0 Å². The minimum atomic E-state index is -1.69. The molecule has 0 unspecified atom stereocenters. The van der Waals surface area contributed by atoms with Crippen LogP contribution in [0.15, 0.2) is 0 Å². The molecule has 0 rings (SSSR count). The summed E-state index contributed by atoms with van der Waals surface area (Å²) < 4.78 is 5.35. The van der Waals surface area contributed by atoms with Gasteiger partial charge >= 0.3 is 0 Å². The second-order valence-electron chi connectivity index (χ2n) is 5.09. The third kappa shape index (κ3) is 6.60. The zero-order valence-electron chi connectivity index (χ0n) is 9.02. The summed E-state index contributed by atoms with van der Waals surface area (Å²) in [5, 5.41) is 0. The maximum Gasteiger partial charge on any atom is 0.289 e. The van der Waals surface area contributed by atoms with Crippen LogP contribution in [-0.4, -0.2) is 22.4 Å². The Morgan fingerprint density at radius 1 is 1.17 bits per heavy atom. The van der Waals surface area contributed by atoms with Gasteiger partial charge in [-0.3, -0.25) is 4.79 Å². The van der Waals surface area contributed by atoms with Gasteiger partial charge < -0.3 is 4.43 Å². The summed E-state index contributed by atoms with van der Waals surface area (Å²) in [6.45, 7) is 12.7. The fourth-order valence-corrected chi connectivity index (χ4v) is 13.0. The number of rotatable bonds is 3. The van der Waals surface area contributed by atoms with Crippen molar-refractivity contribution in [1.29, 1.82) is 0 Å². The van der Waals surface area contributed by atoms with Crippen LogP contribution in [0.2, 0.25) is 38.4 Å². The van der Waals surface area contributed by atoms with Crippen molar-refractivity contribution in [2.75, 3.05) is 0 Å². The largest absolute Gasteiger partial charge is 0.520 e. The van der Waals surface area contributed by atoms with Gasteiger partial charge in [0.25, 0.3) is 5.97 Å². The van der Waals surface area contributed by atoms with Gasteiger partial charge in [-0.25, -0.2) is 0 Å². The van der Waals surface area contributed by atoms with E-state index in [1.807, 2.05) is 0 Å². The molecule has 0 heterocycles. The Morgan fingerprint density at radius 2 is 1.58 bits per heavy atom. The fourth-order valence-electron chi connectivity index (χ4n) is 1.70. The Hall–Kier alpha value is -0.0962. The number of hydrogen-bond acceptors (Lipinski definition) is 2. The Kier molecular flexibility index (Phi) is 3.71. The third-order valence-corrected chi connectivity index (χ3v) is 9.86. The molecule has 0 saturated carbocycles. The Balaban J connectivity index is 4.13. The second-order valence-corrected chi connectivity index (χ2v) is 15.3. The highest BCUT2D eigenvalue weighted by atomic mass is 28.4. The average molecular weight is 204 g/mol. The highest BCUT2D eigenvalue weighted by Gasteiger charge is 2.32. The number of carbonyl (C=O) groups excluding carboxylic acids is 1. The molecule has 0 spiro atoms. The zero-order valence-corrected chi connectivity index (χ0v) is 11.0. The molecule has 0 aromatic heterocycles. The molecule has 4 heteroatoms. The molecule has 0 fully saturated rings. The Morgan fingerprint density at radius 3 is 1.83 bits per heavy atom. The highest BCUT2D eigenvalue weighted by molar-refractivity contribution is 6.92. The standard InChI is InChI=1S/C8H20O2Si2/c1-8(9)10-12(5,6)7-11(2,3)4/h7H2,1-6H3. The van der Waals surface area contributed by atoms with E-state index < -0.39 is 16.4 Å². The molecule has 0 aromatic carbocycles. The summed E-state index contributed by atoms with van der Waals surface area (Å²) >= 11 is 0. The first-order valence-corrected chi connectivity index (χ1v) is 11.1. The van der Waals surface area contributed by atoms with Crippen LogP contribution < -0.4 is 0 Å². The molecule has 0 radical (unpaired) electrons. The molecule has 0 aliphatic heterocycles. The normalized spacial score (nSPS) is 12.8. The van der Waals surface area contributed by atoms with Crippen molar-refractivity contribution in [2.45, 2.75) is 45.3 Å². The molecule has 0 N–H and O–H groups in total. The molecule has 72 valence electrons. The van der Waals surface area contributed by atoms with E-state index in [2.05, 4.69) is 32.7 Å². The van der Waals surface area contributed by atoms with E-state index in [1.165, 1.54) is 6.92 Å². The number of hydrogen-bond donors (Lipinski definition) is 0. The first kappa shape index (κ1) is 11.9. The molecule has 0 saturated heterocycles. The summed E-state index contributed by atoms with van der Waals surface area (Å²) in [5.74, 6) is -0.120. The van der Waals surface area contributed by atoms with E-state index in [1.54, 1.807) is 0 Å². The Labute approximate surface area is 77.5 Å². The van der Waals surface area contributed by atoms with Crippen LogP contribution in [0.1, 0.15) is 6.92 Å². The summed E-state index contributed by atoms with van der Waals surface area (Å²) in [6.07, 6.45) is 0. The minimum Gasteiger partial charge on any atom is -0.520 e. The van der Waals surface area contributed by atoms with Crippen molar-refractivity contribution in [3.05, 3.63) is 0 Å². The molecule has 0 aromatic rings.